The summed E-state index contributed by atoms with van der Waals surface area (Å²) in [6.07, 6.45) is 0. The van der Waals surface area contributed by atoms with Crippen LogP contribution in [0.5, 0.6) is 5.75 Å². The summed E-state index contributed by atoms with van der Waals surface area (Å²) in [6, 6.07) is 15.0. The van der Waals surface area contributed by atoms with Gasteiger partial charge in [-0.25, -0.2) is 4.79 Å². The van der Waals surface area contributed by atoms with Crippen LogP contribution < -0.4 is 9.50 Å². The SMILES string of the molecule is Cc1ccc(C)c(NC(=O)COC(=O)c2ccc(OS(=O)(=O)c3cccc([N+](=O)[O-])c3)cc2)c1. The Morgan fingerprint density at radius 1 is 1.00 bits per heavy atom. The Hall–Kier alpha value is -4.25. The number of nitrogens with one attached hydrogen (secondary N) is 1. The molecule has 1 N–H and O–H groups in total. The number of nitro benzene ring substituents is 1. The molecule has 3 aromatic rings. The van der Waals surface area contributed by atoms with Crippen molar-refractivity contribution in [2.24, 2.45) is 0 Å². The van der Waals surface area contributed by atoms with Crippen LogP contribution in [-0.4, -0.2) is 31.8 Å². The molecule has 0 fully saturated rings. The van der Waals surface area contributed by atoms with E-state index in [1.54, 1.807) is 6.07 Å². The van der Waals surface area contributed by atoms with Gasteiger partial charge in [0.05, 0.1) is 10.5 Å². The summed E-state index contributed by atoms with van der Waals surface area (Å²) >= 11 is 0. The van der Waals surface area contributed by atoms with E-state index in [4.69, 9.17) is 8.92 Å². The molecule has 0 bridgehead atoms. The maximum Gasteiger partial charge on any atom is 0.339 e. The number of rotatable bonds is 8. The molecule has 3 rings (SSSR count). The fourth-order valence-electron chi connectivity index (χ4n) is 2.85. The van der Waals surface area contributed by atoms with Crippen molar-refractivity contribution in [3.05, 3.63) is 93.5 Å². The third-order valence-electron chi connectivity index (χ3n) is 4.61. The normalized spacial score (nSPS) is 10.9. The van der Waals surface area contributed by atoms with Crippen molar-refractivity contribution < 1.29 is 31.9 Å². The largest absolute Gasteiger partial charge is 0.452 e. The van der Waals surface area contributed by atoms with Crippen LogP contribution in [0.25, 0.3) is 0 Å². The smallest absolute Gasteiger partial charge is 0.339 e. The lowest BCUT2D eigenvalue weighted by Gasteiger charge is -2.10. The molecule has 11 heteroatoms. The number of anilines is 1. The van der Waals surface area contributed by atoms with Crippen LogP contribution in [0.2, 0.25) is 0 Å². The lowest BCUT2D eigenvalue weighted by Crippen LogP contribution is -2.21. The van der Waals surface area contributed by atoms with Crippen molar-refractivity contribution in [2.45, 2.75) is 18.7 Å². The highest BCUT2D eigenvalue weighted by atomic mass is 32.2. The number of carbonyl (C=O) groups excluding carboxylic acids is 2. The van der Waals surface area contributed by atoms with E-state index in [0.29, 0.717) is 5.69 Å². The van der Waals surface area contributed by atoms with E-state index in [9.17, 15) is 28.1 Å². The van der Waals surface area contributed by atoms with Crippen molar-refractivity contribution in [2.75, 3.05) is 11.9 Å². The molecule has 0 aromatic heterocycles. The highest BCUT2D eigenvalue weighted by Gasteiger charge is 2.20. The van der Waals surface area contributed by atoms with E-state index >= 15 is 0 Å². The summed E-state index contributed by atoms with van der Waals surface area (Å²) < 4.78 is 34.8. The predicted octanol–water partition coefficient (Wildman–Crippen LogP) is 3.77. The maximum absolute atomic E-state index is 12.4. The molecule has 176 valence electrons. The summed E-state index contributed by atoms with van der Waals surface area (Å²) in [5.41, 5.74) is 2.12. The molecule has 0 heterocycles. The summed E-state index contributed by atoms with van der Waals surface area (Å²) in [5, 5.41) is 13.5. The van der Waals surface area contributed by atoms with Gasteiger partial charge < -0.3 is 14.2 Å². The Bertz CT molecular complexity index is 1350. The Kier molecular flexibility index (Phi) is 7.27. The Balaban J connectivity index is 1.60. The van der Waals surface area contributed by atoms with Crippen LogP contribution in [0.4, 0.5) is 11.4 Å². The first-order valence-electron chi connectivity index (χ1n) is 9.88. The van der Waals surface area contributed by atoms with Gasteiger partial charge in [0.2, 0.25) is 0 Å². The van der Waals surface area contributed by atoms with Crippen molar-refractivity contribution in [3.63, 3.8) is 0 Å². The number of amides is 1. The van der Waals surface area contributed by atoms with E-state index < -0.39 is 39.2 Å². The predicted molar refractivity (Wildman–Crippen MR) is 122 cm³/mol. The molecule has 0 unspecified atom stereocenters. The molecule has 0 saturated carbocycles. The molecule has 0 saturated heterocycles. The molecule has 0 aliphatic heterocycles. The van der Waals surface area contributed by atoms with E-state index in [1.165, 1.54) is 30.3 Å². The number of non-ortho nitro benzene ring substituents is 1. The van der Waals surface area contributed by atoms with Crippen molar-refractivity contribution in [3.8, 4) is 5.75 Å². The number of aryl methyl sites for hydroxylation is 2. The van der Waals surface area contributed by atoms with Gasteiger partial charge in [0.15, 0.2) is 6.61 Å². The molecular weight excluding hydrogens is 464 g/mol. The zero-order valence-electron chi connectivity index (χ0n) is 18.2. The first-order chi connectivity index (χ1) is 16.0. The Morgan fingerprint density at radius 2 is 1.71 bits per heavy atom. The van der Waals surface area contributed by atoms with Crippen LogP contribution in [0.15, 0.2) is 71.6 Å². The lowest BCUT2D eigenvalue weighted by atomic mass is 10.1. The second kappa shape index (κ2) is 10.1. The van der Waals surface area contributed by atoms with Gasteiger partial charge >= 0.3 is 16.1 Å². The number of hydrogen-bond acceptors (Lipinski definition) is 8. The molecule has 3 aromatic carbocycles. The quantitative estimate of drug-likeness (QED) is 0.220. The fraction of sp³-hybridized carbons (Fsp3) is 0.130. The van der Waals surface area contributed by atoms with Crippen molar-refractivity contribution in [1.82, 2.24) is 0 Å². The number of carbonyl (C=O) groups is 2. The summed E-state index contributed by atoms with van der Waals surface area (Å²) in [4.78, 5) is 34.1. The van der Waals surface area contributed by atoms with Gasteiger partial charge in [-0.2, -0.15) is 8.42 Å². The Morgan fingerprint density at radius 3 is 2.38 bits per heavy atom. The molecule has 1 amide bonds. The first kappa shape index (κ1) is 24.4. The van der Waals surface area contributed by atoms with Crippen LogP contribution in [0.1, 0.15) is 21.5 Å². The highest BCUT2D eigenvalue weighted by molar-refractivity contribution is 7.87. The molecule has 0 aliphatic rings. The third-order valence-corrected chi connectivity index (χ3v) is 5.86. The molecule has 10 nitrogen and oxygen atoms in total. The van der Waals surface area contributed by atoms with Gasteiger partial charge in [-0.3, -0.25) is 14.9 Å². The van der Waals surface area contributed by atoms with E-state index in [2.05, 4.69) is 5.32 Å². The van der Waals surface area contributed by atoms with Gasteiger partial charge in [-0.1, -0.05) is 18.2 Å². The van der Waals surface area contributed by atoms with E-state index in [-0.39, 0.29) is 16.2 Å². The highest BCUT2D eigenvalue weighted by Crippen LogP contribution is 2.22. The minimum atomic E-state index is -4.33. The maximum atomic E-state index is 12.4. The second-order valence-electron chi connectivity index (χ2n) is 7.26. The molecule has 0 aliphatic carbocycles. The lowest BCUT2D eigenvalue weighted by molar-refractivity contribution is -0.385. The van der Waals surface area contributed by atoms with Crippen LogP contribution in [-0.2, 0) is 19.6 Å². The van der Waals surface area contributed by atoms with Crippen LogP contribution in [0, 0.1) is 24.0 Å². The fourth-order valence-corrected chi connectivity index (χ4v) is 3.82. The molecule has 0 spiro atoms. The number of esters is 1. The number of nitro groups is 1. The zero-order valence-corrected chi connectivity index (χ0v) is 19.0. The molecule has 0 radical (unpaired) electrons. The topological polar surface area (TPSA) is 142 Å². The number of benzene rings is 3. The zero-order chi connectivity index (χ0) is 24.9. The monoisotopic (exact) mass is 484 g/mol. The third kappa shape index (κ3) is 6.17. The minimum absolute atomic E-state index is 0.0691. The second-order valence-corrected chi connectivity index (χ2v) is 8.81. The minimum Gasteiger partial charge on any atom is -0.452 e. The van der Waals surface area contributed by atoms with Crippen LogP contribution in [0.3, 0.4) is 0 Å². The molecule has 0 atom stereocenters. The summed E-state index contributed by atoms with van der Waals surface area (Å²) in [5.74, 6) is -1.41. The van der Waals surface area contributed by atoms with E-state index in [1.807, 2.05) is 26.0 Å². The van der Waals surface area contributed by atoms with Gasteiger partial charge in [-0.15, -0.1) is 0 Å². The summed E-state index contributed by atoms with van der Waals surface area (Å²) in [7, 11) is -4.33. The standard InChI is InChI=1S/C23H20N2O8S/c1-15-6-7-16(2)21(12-15)24-22(26)14-32-23(27)17-8-10-19(11-9-17)33-34(30,31)20-5-3-4-18(13-20)25(28)29/h3-13H,14H2,1-2H3,(H,24,26). The van der Waals surface area contributed by atoms with Crippen LogP contribution >= 0.6 is 0 Å². The first-order valence-corrected chi connectivity index (χ1v) is 11.3. The molecule has 34 heavy (non-hydrogen) atoms. The molecular formula is C23H20N2O8S. The van der Waals surface area contributed by atoms with Gasteiger partial charge in [0, 0.05) is 17.8 Å². The number of ether oxygens (including phenoxy) is 1. The average molecular weight is 484 g/mol. The van der Waals surface area contributed by atoms with Crippen molar-refractivity contribution in [1.29, 1.82) is 0 Å². The van der Waals surface area contributed by atoms with Gasteiger partial charge in [-0.05, 0) is 61.4 Å². The number of hydrogen-bond donors (Lipinski definition) is 1. The average Bonchev–Trinajstić information content (AvgIpc) is 2.80. The van der Waals surface area contributed by atoms with Gasteiger partial charge in [0.25, 0.3) is 11.6 Å². The Labute approximate surface area is 195 Å². The van der Waals surface area contributed by atoms with Crippen molar-refractivity contribution >= 4 is 33.4 Å². The van der Waals surface area contributed by atoms with Gasteiger partial charge in [0.1, 0.15) is 10.6 Å². The summed E-state index contributed by atoms with van der Waals surface area (Å²) in [6.45, 7) is 3.22. The van der Waals surface area contributed by atoms with E-state index in [0.717, 1.165) is 29.3 Å². The number of nitrogens with zero attached hydrogens (tertiary/aromatic N) is 1.